The summed E-state index contributed by atoms with van der Waals surface area (Å²) in [6.07, 6.45) is 0. The predicted octanol–water partition coefficient (Wildman–Crippen LogP) is 5.15. The maximum Gasteiger partial charge on any atom is 0.255 e. The molecule has 2 amide bonds. The molecule has 0 aromatic heterocycles. The van der Waals surface area contributed by atoms with Crippen molar-refractivity contribution >= 4 is 17.5 Å². The van der Waals surface area contributed by atoms with Gasteiger partial charge in [-0.3, -0.25) is 9.59 Å². The van der Waals surface area contributed by atoms with Crippen molar-refractivity contribution < 1.29 is 14.3 Å². The summed E-state index contributed by atoms with van der Waals surface area (Å²) >= 11 is 0. The molecule has 1 atom stereocenters. The minimum atomic E-state index is -0.684. The Balaban J connectivity index is 1.70. The van der Waals surface area contributed by atoms with E-state index in [1.54, 1.807) is 18.2 Å². The molecule has 0 aliphatic rings. The highest BCUT2D eigenvalue weighted by atomic mass is 16.5. The third kappa shape index (κ3) is 5.72. The van der Waals surface area contributed by atoms with Crippen LogP contribution in [0.2, 0.25) is 0 Å². The van der Waals surface area contributed by atoms with Gasteiger partial charge in [-0.1, -0.05) is 68.4 Å². The number of anilines is 1. The zero-order valence-electron chi connectivity index (χ0n) is 18.1. The fourth-order valence-corrected chi connectivity index (χ4v) is 3.29. The number of benzene rings is 3. The molecule has 0 saturated carbocycles. The number of carbonyl (C=O) groups is 2. The fourth-order valence-electron chi connectivity index (χ4n) is 3.29. The zero-order chi connectivity index (χ0) is 22.2. The Morgan fingerprint density at radius 3 is 2.10 bits per heavy atom. The minimum Gasteiger partial charge on any atom is -0.493 e. The van der Waals surface area contributed by atoms with E-state index in [1.807, 2.05) is 81.4 Å². The highest BCUT2D eigenvalue weighted by Crippen LogP contribution is 2.22. The largest absolute Gasteiger partial charge is 0.493 e. The summed E-state index contributed by atoms with van der Waals surface area (Å²) < 4.78 is 5.54. The van der Waals surface area contributed by atoms with Gasteiger partial charge in [-0.25, -0.2) is 0 Å². The SMILES string of the molecule is CCOc1ccccc1C(=O)N[C@H](C(=O)Nc1ccc(-c2ccccc2)cc1)C(C)C. The molecule has 3 rings (SSSR count). The fraction of sp³-hybridized carbons (Fsp3) is 0.231. The first-order valence-corrected chi connectivity index (χ1v) is 10.5. The van der Waals surface area contributed by atoms with Crippen molar-refractivity contribution in [1.82, 2.24) is 5.32 Å². The standard InChI is InChI=1S/C26H28N2O3/c1-4-31-23-13-9-8-12-22(23)25(29)28-24(18(2)3)26(30)27-21-16-14-20(15-17-21)19-10-6-5-7-11-19/h5-18,24H,4H2,1-3H3,(H,27,30)(H,28,29)/t24-/m0/s1. The molecule has 0 unspecified atom stereocenters. The van der Waals surface area contributed by atoms with Crippen LogP contribution in [0.3, 0.4) is 0 Å². The van der Waals surface area contributed by atoms with Crippen molar-refractivity contribution in [3.63, 3.8) is 0 Å². The van der Waals surface area contributed by atoms with E-state index in [0.29, 0.717) is 23.6 Å². The topological polar surface area (TPSA) is 67.4 Å². The quantitative estimate of drug-likeness (QED) is 0.534. The Labute approximate surface area is 183 Å². The second-order valence-electron chi connectivity index (χ2n) is 7.56. The Bertz CT molecular complexity index is 1010. The molecular weight excluding hydrogens is 388 g/mol. The lowest BCUT2D eigenvalue weighted by atomic mass is 10.0. The first-order chi connectivity index (χ1) is 15.0. The lowest BCUT2D eigenvalue weighted by Crippen LogP contribution is -2.47. The lowest BCUT2D eigenvalue weighted by Gasteiger charge is -2.22. The van der Waals surface area contributed by atoms with Gasteiger partial charge in [0, 0.05) is 5.69 Å². The van der Waals surface area contributed by atoms with Crippen molar-refractivity contribution in [3.8, 4) is 16.9 Å². The van der Waals surface area contributed by atoms with Crippen LogP contribution in [-0.2, 0) is 4.79 Å². The van der Waals surface area contributed by atoms with Crippen molar-refractivity contribution in [2.75, 3.05) is 11.9 Å². The molecule has 0 saturated heterocycles. The van der Waals surface area contributed by atoms with Crippen LogP contribution in [0.15, 0.2) is 78.9 Å². The van der Waals surface area contributed by atoms with E-state index >= 15 is 0 Å². The Kier molecular flexibility index (Phi) is 7.44. The Hall–Kier alpha value is -3.60. The number of amides is 2. The second kappa shape index (κ2) is 10.4. The van der Waals surface area contributed by atoms with E-state index in [0.717, 1.165) is 11.1 Å². The van der Waals surface area contributed by atoms with Gasteiger partial charge in [-0.15, -0.1) is 0 Å². The molecule has 0 heterocycles. The van der Waals surface area contributed by atoms with Gasteiger partial charge in [0.15, 0.2) is 0 Å². The van der Waals surface area contributed by atoms with Crippen molar-refractivity contribution in [2.45, 2.75) is 26.8 Å². The van der Waals surface area contributed by atoms with Crippen LogP contribution in [0.4, 0.5) is 5.69 Å². The number of rotatable bonds is 8. The van der Waals surface area contributed by atoms with Crippen LogP contribution in [0.5, 0.6) is 5.75 Å². The maximum atomic E-state index is 12.9. The molecule has 5 nitrogen and oxygen atoms in total. The molecule has 3 aromatic carbocycles. The van der Waals surface area contributed by atoms with E-state index in [2.05, 4.69) is 10.6 Å². The second-order valence-corrected chi connectivity index (χ2v) is 7.56. The molecule has 3 aromatic rings. The molecule has 2 N–H and O–H groups in total. The predicted molar refractivity (Wildman–Crippen MR) is 124 cm³/mol. The molecule has 0 bridgehead atoms. The molecule has 0 radical (unpaired) electrons. The first-order valence-electron chi connectivity index (χ1n) is 10.5. The summed E-state index contributed by atoms with van der Waals surface area (Å²) in [5.41, 5.74) is 3.27. The molecule has 0 fully saturated rings. The number of para-hydroxylation sites is 1. The van der Waals surface area contributed by atoms with Gasteiger partial charge in [-0.05, 0) is 48.2 Å². The summed E-state index contributed by atoms with van der Waals surface area (Å²) in [6, 6.07) is 24.0. The average molecular weight is 417 g/mol. The molecule has 0 aliphatic carbocycles. The van der Waals surface area contributed by atoms with Crippen molar-refractivity contribution in [3.05, 3.63) is 84.4 Å². The van der Waals surface area contributed by atoms with E-state index in [1.165, 1.54) is 0 Å². The molecular formula is C26H28N2O3. The molecule has 5 heteroatoms. The summed E-state index contributed by atoms with van der Waals surface area (Å²) in [5.74, 6) is -0.184. The van der Waals surface area contributed by atoms with Crippen LogP contribution >= 0.6 is 0 Å². The van der Waals surface area contributed by atoms with Gasteiger partial charge in [0.25, 0.3) is 5.91 Å². The van der Waals surface area contributed by atoms with E-state index in [9.17, 15) is 9.59 Å². The van der Waals surface area contributed by atoms with Crippen molar-refractivity contribution in [2.24, 2.45) is 5.92 Å². The number of hydrogen-bond donors (Lipinski definition) is 2. The minimum absolute atomic E-state index is 0.0909. The van der Waals surface area contributed by atoms with E-state index < -0.39 is 6.04 Å². The van der Waals surface area contributed by atoms with Crippen LogP contribution in [0, 0.1) is 5.92 Å². The van der Waals surface area contributed by atoms with E-state index in [4.69, 9.17) is 4.74 Å². The number of hydrogen-bond acceptors (Lipinski definition) is 3. The third-order valence-corrected chi connectivity index (χ3v) is 4.93. The summed E-state index contributed by atoms with van der Waals surface area (Å²) in [4.78, 5) is 25.8. The summed E-state index contributed by atoms with van der Waals surface area (Å²) in [6.45, 7) is 6.12. The summed E-state index contributed by atoms with van der Waals surface area (Å²) in [7, 11) is 0. The smallest absolute Gasteiger partial charge is 0.255 e. The highest BCUT2D eigenvalue weighted by Gasteiger charge is 2.26. The van der Waals surface area contributed by atoms with Gasteiger partial charge < -0.3 is 15.4 Å². The number of nitrogens with one attached hydrogen (secondary N) is 2. The molecule has 160 valence electrons. The third-order valence-electron chi connectivity index (χ3n) is 4.93. The van der Waals surface area contributed by atoms with Gasteiger partial charge in [0.05, 0.1) is 12.2 Å². The van der Waals surface area contributed by atoms with Crippen LogP contribution < -0.4 is 15.4 Å². The Morgan fingerprint density at radius 1 is 0.839 bits per heavy atom. The van der Waals surface area contributed by atoms with Crippen LogP contribution in [-0.4, -0.2) is 24.5 Å². The van der Waals surface area contributed by atoms with Gasteiger partial charge in [0.2, 0.25) is 5.91 Å². The maximum absolute atomic E-state index is 12.9. The van der Waals surface area contributed by atoms with Crippen molar-refractivity contribution in [1.29, 1.82) is 0 Å². The number of carbonyl (C=O) groups excluding carboxylic acids is 2. The van der Waals surface area contributed by atoms with Gasteiger partial charge in [0.1, 0.15) is 11.8 Å². The van der Waals surface area contributed by atoms with Gasteiger partial charge >= 0.3 is 0 Å². The average Bonchev–Trinajstić information content (AvgIpc) is 2.78. The molecule has 31 heavy (non-hydrogen) atoms. The first kappa shape index (κ1) is 22.1. The lowest BCUT2D eigenvalue weighted by molar-refractivity contribution is -0.118. The Morgan fingerprint density at radius 2 is 1.45 bits per heavy atom. The monoisotopic (exact) mass is 416 g/mol. The van der Waals surface area contributed by atoms with E-state index in [-0.39, 0.29) is 17.7 Å². The number of ether oxygens (including phenoxy) is 1. The molecule has 0 aliphatic heterocycles. The van der Waals surface area contributed by atoms with Crippen LogP contribution in [0.1, 0.15) is 31.1 Å². The zero-order valence-corrected chi connectivity index (χ0v) is 18.1. The molecule has 0 spiro atoms. The summed E-state index contributed by atoms with van der Waals surface area (Å²) in [5, 5.41) is 5.77. The normalized spacial score (nSPS) is 11.6. The van der Waals surface area contributed by atoms with Gasteiger partial charge in [-0.2, -0.15) is 0 Å². The highest BCUT2D eigenvalue weighted by molar-refractivity contribution is 6.02. The van der Waals surface area contributed by atoms with Crippen LogP contribution in [0.25, 0.3) is 11.1 Å².